The summed E-state index contributed by atoms with van der Waals surface area (Å²) in [6.45, 7) is 2.42. The van der Waals surface area contributed by atoms with Gasteiger partial charge in [0.1, 0.15) is 24.2 Å². The summed E-state index contributed by atoms with van der Waals surface area (Å²) in [5, 5.41) is 10.2. The number of hydrogen-bond donors (Lipinski definition) is 1. The molecule has 0 atom stereocenters. The highest BCUT2D eigenvalue weighted by atomic mass is 35.5. The fourth-order valence-corrected chi connectivity index (χ4v) is 4.47. The van der Waals surface area contributed by atoms with Crippen LogP contribution in [-0.2, 0) is 17.8 Å². The number of carbonyl (C=O) groups excluding carboxylic acids is 1. The van der Waals surface area contributed by atoms with Crippen molar-refractivity contribution in [2.45, 2.75) is 32.0 Å². The van der Waals surface area contributed by atoms with E-state index in [0.29, 0.717) is 12.2 Å². The predicted octanol–water partition coefficient (Wildman–Crippen LogP) is 5.93. The van der Waals surface area contributed by atoms with E-state index < -0.39 is 0 Å². The van der Waals surface area contributed by atoms with Gasteiger partial charge in [-0.3, -0.25) is 4.79 Å². The molecule has 37 heavy (non-hydrogen) atoms. The van der Waals surface area contributed by atoms with Crippen molar-refractivity contribution in [3.05, 3.63) is 88.5 Å². The first kappa shape index (κ1) is 26.6. The zero-order valence-corrected chi connectivity index (χ0v) is 21.9. The van der Waals surface area contributed by atoms with E-state index in [9.17, 15) is 9.90 Å². The van der Waals surface area contributed by atoms with Gasteiger partial charge in [0.2, 0.25) is 0 Å². The SMILES string of the molecule is COc1ccc(/C=C/C(=O)Cc2ccccc2COc2cccc(OC3CCN(C)CC3)c2)c(Cl)c1O. The van der Waals surface area contributed by atoms with E-state index in [2.05, 4.69) is 11.9 Å². The number of hydrogen-bond acceptors (Lipinski definition) is 6. The van der Waals surface area contributed by atoms with Gasteiger partial charge < -0.3 is 24.2 Å². The molecule has 1 aliphatic rings. The Bertz CT molecular complexity index is 1250. The molecule has 0 radical (unpaired) electrons. The molecular formula is C30H32ClNO5. The zero-order chi connectivity index (χ0) is 26.2. The third kappa shape index (κ3) is 7.28. The smallest absolute Gasteiger partial charge is 0.177 e. The number of phenols is 1. The molecule has 194 valence electrons. The fraction of sp³-hybridized carbons (Fsp3) is 0.300. The number of piperidine rings is 1. The molecule has 0 saturated carbocycles. The lowest BCUT2D eigenvalue weighted by molar-refractivity contribution is -0.113. The molecule has 0 aliphatic carbocycles. The van der Waals surface area contributed by atoms with Crippen LogP contribution in [0.5, 0.6) is 23.0 Å². The molecule has 1 aliphatic heterocycles. The number of ketones is 1. The number of halogens is 1. The summed E-state index contributed by atoms with van der Waals surface area (Å²) < 4.78 is 17.3. The van der Waals surface area contributed by atoms with Crippen molar-refractivity contribution in [1.82, 2.24) is 4.90 Å². The van der Waals surface area contributed by atoms with Gasteiger partial charge in [0.05, 0.1) is 12.1 Å². The average Bonchev–Trinajstić information content (AvgIpc) is 2.90. The van der Waals surface area contributed by atoms with Gasteiger partial charge in [-0.1, -0.05) is 41.9 Å². The van der Waals surface area contributed by atoms with E-state index in [1.807, 2.05) is 48.5 Å². The van der Waals surface area contributed by atoms with Crippen LogP contribution in [0.3, 0.4) is 0 Å². The van der Waals surface area contributed by atoms with Crippen LogP contribution in [0, 0.1) is 0 Å². The number of rotatable bonds is 10. The third-order valence-corrected chi connectivity index (χ3v) is 6.83. The minimum Gasteiger partial charge on any atom is -0.503 e. The number of nitrogens with zero attached hydrogens (tertiary/aromatic N) is 1. The number of benzene rings is 3. The Morgan fingerprint density at radius 3 is 2.54 bits per heavy atom. The van der Waals surface area contributed by atoms with Gasteiger partial charge in [-0.25, -0.2) is 0 Å². The largest absolute Gasteiger partial charge is 0.503 e. The van der Waals surface area contributed by atoms with Crippen molar-refractivity contribution in [1.29, 1.82) is 0 Å². The van der Waals surface area contributed by atoms with Crippen LogP contribution in [0.15, 0.2) is 66.7 Å². The standard InChI is InChI=1S/C30H32ClNO5/c1-32-16-14-25(15-17-32)37-27-9-5-8-26(19-27)36-20-23-7-4-3-6-22(23)18-24(33)12-10-21-11-13-28(35-2)30(34)29(21)31/h3-13,19,25,34H,14-18,20H2,1-2H3/b12-10+. The molecule has 6 nitrogen and oxygen atoms in total. The number of carbonyl (C=O) groups is 1. The topological polar surface area (TPSA) is 68.2 Å². The maximum absolute atomic E-state index is 12.7. The molecule has 1 heterocycles. The molecule has 1 saturated heterocycles. The molecule has 0 bridgehead atoms. The minimum atomic E-state index is -0.151. The van der Waals surface area contributed by atoms with Crippen molar-refractivity contribution in [3.8, 4) is 23.0 Å². The molecule has 4 rings (SSSR count). The predicted molar refractivity (Wildman–Crippen MR) is 146 cm³/mol. The number of allylic oxidation sites excluding steroid dienone is 1. The van der Waals surface area contributed by atoms with Crippen molar-refractivity contribution in [3.63, 3.8) is 0 Å². The number of methoxy groups -OCH3 is 1. The van der Waals surface area contributed by atoms with Crippen LogP contribution >= 0.6 is 11.6 Å². The van der Waals surface area contributed by atoms with Gasteiger partial charge in [-0.15, -0.1) is 0 Å². The van der Waals surface area contributed by atoms with Gasteiger partial charge in [0.15, 0.2) is 17.3 Å². The zero-order valence-electron chi connectivity index (χ0n) is 21.2. The van der Waals surface area contributed by atoms with E-state index in [0.717, 1.165) is 48.6 Å². The Morgan fingerprint density at radius 1 is 1.05 bits per heavy atom. The Kier molecular flexibility index (Phi) is 9.09. The van der Waals surface area contributed by atoms with Gasteiger partial charge in [0, 0.05) is 25.6 Å². The summed E-state index contributed by atoms with van der Waals surface area (Å²) in [7, 11) is 3.58. The molecule has 3 aromatic carbocycles. The number of aromatic hydroxyl groups is 1. The van der Waals surface area contributed by atoms with E-state index in [1.54, 1.807) is 18.2 Å². The molecule has 1 fully saturated rings. The lowest BCUT2D eigenvalue weighted by atomic mass is 10.0. The second-order valence-electron chi connectivity index (χ2n) is 9.15. The fourth-order valence-electron chi connectivity index (χ4n) is 4.25. The maximum Gasteiger partial charge on any atom is 0.177 e. The quantitative estimate of drug-likeness (QED) is 0.333. The van der Waals surface area contributed by atoms with Gasteiger partial charge in [-0.2, -0.15) is 0 Å². The normalized spacial score (nSPS) is 14.6. The van der Waals surface area contributed by atoms with Crippen molar-refractivity contribution in [2.24, 2.45) is 0 Å². The van der Waals surface area contributed by atoms with E-state index in [4.69, 9.17) is 25.8 Å². The van der Waals surface area contributed by atoms with Crippen molar-refractivity contribution >= 4 is 23.5 Å². The first-order chi connectivity index (χ1) is 17.9. The Labute approximate surface area is 223 Å². The highest BCUT2D eigenvalue weighted by Gasteiger charge is 2.18. The van der Waals surface area contributed by atoms with Crippen LogP contribution in [0.25, 0.3) is 6.08 Å². The monoisotopic (exact) mass is 521 g/mol. The lowest BCUT2D eigenvalue weighted by Crippen LogP contribution is -2.35. The van der Waals surface area contributed by atoms with Crippen LogP contribution in [0.2, 0.25) is 5.02 Å². The van der Waals surface area contributed by atoms with Crippen LogP contribution < -0.4 is 14.2 Å². The molecule has 3 aromatic rings. The second kappa shape index (κ2) is 12.7. The van der Waals surface area contributed by atoms with Crippen LogP contribution in [-0.4, -0.2) is 49.1 Å². The number of ether oxygens (including phenoxy) is 3. The molecule has 0 unspecified atom stereocenters. The van der Waals surface area contributed by atoms with E-state index >= 15 is 0 Å². The lowest BCUT2D eigenvalue weighted by Gasteiger charge is -2.29. The third-order valence-electron chi connectivity index (χ3n) is 6.43. The first-order valence-corrected chi connectivity index (χ1v) is 12.7. The van der Waals surface area contributed by atoms with Crippen LogP contribution in [0.4, 0.5) is 0 Å². The average molecular weight is 522 g/mol. The summed E-state index contributed by atoms with van der Waals surface area (Å²) >= 11 is 6.20. The summed E-state index contributed by atoms with van der Waals surface area (Å²) in [5.41, 5.74) is 2.36. The Balaban J connectivity index is 1.36. The van der Waals surface area contributed by atoms with Crippen LogP contribution in [0.1, 0.15) is 29.5 Å². The van der Waals surface area contributed by atoms with E-state index in [1.165, 1.54) is 13.2 Å². The molecule has 7 heteroatoms. The summed E-state index contributed by atoms with van der Waals surface area (Å²) in [6.07, 6.45) is 5.54. The highest BCUT2D eigenvalue weighted by Crippen LogP contribution is 2.36. The molecule has 0 spiro atoms. The summed E-state index contributed by atoms with van der Waals surface area (Å²) in [5.74, 6) is 1.57. The maximum atomic E-state index is 12.7. The minimum absolute atomic E-state index is 0.0904. The first-order valence-electron chi connectivity index (χ1n) is 12.3. The van der Waals surface area contributed by atoms with Gasteiger partial charge in [0.25, 0.3) is 0 Å². The van der Waals surface area contributed by atoms with Crippen molar-refractivity contribution < 1.29 is 24.1 Å². The van der Waals surface area contributed by atoms with Gasteiger partial charge in [-0.05, 0) is 73.0 Å². The number of likely N-dealkylation sites (tertiary alicyclic amines) is 1. The highest BCUT2D eigenvalue weighted by molar-refractivity contribution is 6.33. The second-order valence-corrected chi connectivity index (χ2v) is 9.53. The number of phenolic OH excluding ortho intramolecular Hbond substituents is 1. The molecule has 1 N–H and O–H groups in total. The molecule has 0 aromatic heterocycles. The summed E-state index contributed by atoms with van der Waals surface area (Å²) in [4.78, 5) is 15.0. The molecule has 0 amide bonds. The van der Waals surface area contributed by atoms with E-state index in [-0.39, 0.29) is 34.8 Å². The Hall–Kier alpha value is -3.48. The summed E-state index contributed by atoms with van der Waals surface area (Å²) in [6, 6.07) is 18.7. The van der Waals surface area contributed by atoms with Gasteiger partial charge >= 0.3 is 0 Å². The molecular weight excluding hydrogens is 490 g/mol. The van der Waals surface area contributed by atoms with Crippen molar-refractivity contribution in [2.75, 3.05) is 27.2 Å². The Morgan fingerprint density at radius 2 is 1.78 bits per heavy atom.